The van der Waals surface area contributed by atoms with Crippen molar-refractivity contribution in [2.24, 2.45) is 5.92 Å². The second kappa shape index (κ2) is 6.96. The highest BCUT2D eigenvalue weighted by Gasteiger charge is 2.33. The van der Waals surface area contributed by atoms with Gasteiger partial charge in [-0.1, -0.05) is 19.9 Å². The fraction of sp³-hybridized carbons (Fsp3) is 0.312. The van der Waals surface area contributed by atoms with Gasteiger partial charge in [-0.25, -0.2) is 9.48 Å². The molecule has 2 N–H and O–H groups in total. The smallest absolute Gasteiger partial charge is 0.435 e. The lowest BCUT2D eigenvalue weighted by molar-refractivity contribution is -0.141. The van der Waals surface area contributed by atoms with Crippen LogP contribution < -0.4 is 5.32 Å². The Kier molecular flexibility index (Phi) is 5.15. The van der Waals surface area contributed by atoms with E-state index in [0.29, 0.717) is 0 Å². The van der Waals surface area contributed by atoms with Gasteiger partial charge in [0.25, 0.3) is 5.91 Å². The quantitative estimate of drug-likeness (QED) is 0.864. The minimum atomic E-state index is -4.56. The zero-order valence-electron chi connectivity index (χ0n) is 13.4. The van der Waals surface area contributed by atoms with Gasteiger partial charge >= 0.3 is 12.1 Å². The number of carboxylic acids is 1. The number of nitrogens with zero attached hydrogens (tertiary/aromatic N) is 2. The average molecular weight is 355 g/mol. The van der Waals surface area contributed by atoms with Crippen LogP contribution in [0.4, 0.5) is 13.2 Å². The highest BCUT2D eigenvalue weighted by molar-refractivity contribution is 5.97. The third-order valence-corrected chi connectivity index (χ3v) is 3.47. The molecule has 0 saturated carbocycles. The van der Waals surface area contributed by atoms with E-state index in [0.717, 1.165) is 16.9 Å². The van der Waals surface area contributed by atoms with E-state index in [9.17, 15) is 22.8 Å². The van der Waals surface area contributed by atoms with Crippen LogP contribution in [0.25, 0.3) is 5.69 Å². The molecule has 0 unspecified atom stereocenters. The van der Waals surface area contributed by atoms with Gasteiger partial charge in [-0.05, 0) is 30.2 Å². The fourth-order valence-electron chi connectivity index (χ4n) is 2.15. The molecule has 2 rings (SSSR count). The molecule has 1 aromatic heterocycles. The first-order chi connectivity index (χ1) is 11.6. The van der Waals surface area contributed by atoms with Crippen molar-refractivity contribution >= 4 is 11.9 Å². The minimum Gasteiger partial charge on any atom is -0.480 e. The van der Waals surface area contributed by atoms with Crippen molar-refractivity contribution in [1.82, 2.24) is 15.1 Å². The molecule has 0 aliphatic carbocycles. The summed E-state index contributed by atoms with van der Waals surface area (Å²) in [5.74, 6) is -2.13. The number of carboxylic acid groups (broad SMARTS) is 1. The number of aliphatic carboxylic acids is 1. The Morgan fingerprint density at radius 3 is 2.44 bits per heavy atom. The summed E-state index contributed by atoms with van der Waals surface area (Å²) in [6, 6.07) is 5.49. The predicted octanol–water partition coefficient (Wildman–Crippen LogP) is 2.73. The summed E-state index contributed by atoms with van der Waals surface area (Å²) in [7, 11) is 0. The first-order valence-corrected chi connectivity index (χ1v) is 7.36. The molecule has 0 aliphatic rings. The van der Waals surface area contributed by atoms with E-state index in [4.69, 9.17) is 5.11 Å². The lowest BCUT2D eigenvalue weighted by Gasteiger charge is -2.18. The van der Waals surface area contributed by atoms with Crippen molar-refractivity contribution in [3.8, 4) is 5.69 Å². The summed E-state index contributed by atoms with van der Waals surface area (Å²) in [5.41, 5.74) is -0.680. The Bertz CT molecular complexity index is 784. The molecule has 0 fully saturated rings. The number of hydrogen-bond acceptors (Lipinski definition) is 3. The molecule has 9 heteroatoms. The number of nitrogens with one attached hydrogen (secondary N) is 1. The summed E-state index contributed by atoms with van der Waals surface area (Å²) in [4.78, 5) is 23.4. The van der Waals surface area contributed by atoms with Crippen LogP contribution >= 0.6 is 0 Å². The maximum Gasteiger partial charge on any atom is 0.435 e. The molecular weight excluding hydrogens is 339 g/mol. The number of rotatable bonds is 5. The van der Waals surface area contributed by atoms with Crippen molar-refractivity contribution in [2.45, 2.75) is 26.1 Å². The Morgan fingerprint density at radius 2 is 1.92 bits per heavy atom. The van der Waals surface area contributed by atoms with Gasteiger partial charge in [-0.2, -0.15) is 18.3 Å². The van der Waals surface area contributed by atoms with Gasteiger partial charge in [-0.15, -0.1) is 0 Å². The van der Waals surface area contributed by atoms with E-state index in [1.54, 1.807) is 13.8 Å². The highest BCUT2D eigenvalue weighted by Crippen LogP contribution is 2.27. The second-order valence-corrected chi connectivity index (χ2v) is 5.73. The van der Waals surface area contributed by atoms with Gasteiger partial charge in [0.1, 0.15) is 6.04 Å². The number of hydrogen-bond donors (Lipinski definition) is 2. The van der Waals surface area contributed by atoms with Gasteiger partial charge in [0.15, 0.2) is 5.69 Å². The van der Waals surface area contributed by atoms with Crippen LogP contribution in [-0.2, 0) is 11.0 Å². The molecule has 0 aliphatic heterocycles. The maximum absolute atomic E-state index is 12.6. The third-order valence-electron chi connectivity index (χ3n) is 3.47. The molecule has 134 valence electrons. The summed E-state index contributed by atoms with van der Waals surface area (Å²) in [6.07, 6.45) is -3.43. The molecule has 0 bridgehead atoms. The number of alkyl halides is 3. The van der Waals surface area contributed by atoms with Crippen molar-refractivity contribution in [3.05, 3.63) is 47.8 Å². The molecule has 0 spiro atoms. The maximum atomic E-state index is 12.6. The van der Waals surface area contributed by atoms with Crippen LogP contribution in [0.2, 0.25) is 0 Å². The second-order valence-electron chi connectivity index (χ2n) is 5.73. The van der Waals surface area contributed by atoms with Crippen LogP contribution in [0.1, 0.15) is 29.9 Å². The average Bonchev–Trinajstić information content (AvgIpc) is 3.02. The monoisotopic (exact) mass is 355 g/mol. The van der Waals surface area contributed by atoms with E-state index < -0.39 is 29.8 Å². The third kappa shape index (κ3) is 4.37. The van der Waals surface area contributed by atoms with E-state index in [-0.39, 0.29) is 17.2 Å². The standard InChI is InChI=1S/C16H16F3N3O3/c1-9(2)13(15(24)25)20-14(23)10-4-3-5-11(8-10)22-7-6-12(21-22)16(17,18)19/h3-9,13H,1-2H3,(H,20,23)(H,24,25)/t13-/m1/s1. The molecule has 1 atom stereocenters. The van der Waals surface area contributed by atoms with Crippen molar-refractivity contribution in [3.63, 3.8) is 0 Å². The molecule has 1 heterocycles. The number of aromatic nitrogens is 2. The van der Waals surface area contributed by atoms with Gasteiger partial charge in [0.05, 0.1) is 5.69 Å². The normalized spacial score (nSPS) is 12.9. The lowest BCUT2D eigenvalue weighted by atomic mass is 10.0. The molecular formula is C16H16F3N3O3. The first kappa shape index (κ1) is 18.5. The zero-order chi connectivity index (χ0) is 18.8. The van der Waals surface area contributed by atoms with E-state index in [1.807, 2.05) is 0 Å². The van der Waals surface area contributed by atoms with Crippen molar-refractivity contribution in [1.29, 1.82) is 0 Å². The summed E-state index contributed by atoms with van der Waals surface area (Å²) in [6.45, 7) is 3.30. The van der Waals surface area contributed by atoms with Crippen LogP contribution in [0, 0.1) is 5.92 Å². The molecule has 1 aromatic carbocycles. The number of amides is 1. The molecule has 0 radical (unpaired) electrons. The molecule has 2 aromatic rings. The van der Waals surface area contributed by atoms with Crippen molar-refractivity contribution in [2.75, 3.05) is 0 Å². The van der Waals surface area contributed by atoms with Crippen LogP contribution in [0.3, 0.4) is 0 Å². The number of carbonyl (C=O) groups excluding carboxylic acids is 1. The van der Waals surface area contributed by atoms with Crippen LogP contribution in [-0.4, -0.2) is 32.8 Å². The van der Waals surface area contributed by atoms with E-state index >= 15 is 0 Å². The molecule has 6 nitrogen and oxygen atoms in total. The Hall–Kier alpha value is -2.84. The topological polar surface area (TPSA) is 84.2 Å². The van der Waals surface area contributed by atoms with Gasteiger partial charge in [-0.3, -0.25) is 4.79 Å². The largest absolute Gasteiger partial charge is 0.480 e. The van der Waals surface area contributed by atoms with Crippen LogP contribution in [0.15, 0.2) is 36.5 Å². The van der Waals surface area contributed by atoms with E-state index in [2.05, 4.69) is 10.4 Å². The number of benzene rings is 1. The SMILES string of the molecule is CC(C)[C@@H](NC(=O)c1cccc(-n2ccc(C(F)(F)F)n2)c1)C(=O)O. The lowest BCUT2D eigenvalue weighted by Crippen LogP contribution is -2.44. The summed E-state index contributed by atoms with van der Waals surface area (Å²) >= 11 is 0. The molecule has 0 saturated heterocycles. The number of halogens is 3. The van der Waals surface area contributed by atoms with Gasteiger partial charge in [0, 0.05) is 11.8 Å². The molecule has 1 amide bonds. The molecule has 25 heavy (non-hydrogen) atoms. The number of carbonyl (C=O) groups is 2. The van der Waals surface area contributed by atoms with Crippen LogP contribution in [0.5, 0.6) is 0 Å². The summed E-state index contributed by atoms with van der Waals surface area (Å²) < 4.78 is 38.9. The predicted molar refractivity (Wildman–Crippen MR) is 82.3 cm³/mol. The zero-order valence-corrected chi connectivity index (χ0v) is 13.4. The van der Waals surface area contributed by atoms with Gasteiger partial charge in [0.2, 0.25) is 0 Å². The van der Waals surface area contributed by atoms with E-state index in [1.165, 1.54) is 24.3 Å². The first-order valence-electron chi connectivity index (χ1n) is 7.36. The Labute approximate surface area is 141 Å². The van der Waals surface area contributed by atoms with Crippen molar-refractivity contribution < 1.29 is 27.9 Å². The van der Waals surface area contributed by atoms with Gasteiger partial charge < -0.3 is 10.4 Å². The Balaban J connectivity index is 2.25. The fourth-order valence-corrected chi connectivity index (χ4v) is 2.15. The highest BCUT2D eigenvalue weighted by atomic mass is 19.4. The Morgan fingerprint density at radius 1 is 1.24 bits per heavy atom. The summed E-state index contributed by atoms with van der Waals surface area (Å²) in [5, 5.41) is 14.9. The minimum absolute atomic E-state index is 0.119.